The molecule has 1 aromatic rings. The summed E-state index contributed by atoms with van der Waals surface area (Å²) < 4.78 is 2.15. The maximum Gasteiger partial charge on any atom is 0.191 e. The molecule has 6 heteroatoms. The summed E-state index contributed by atoms with van der Waals surface area (Å²) in [6, 6.07) is 1.26. The van der Waals surface area contributed by atoms with E-state index in [0.717, 1.165) is 22.8 Å². The van der Waals surface area contributed by atoms with Crippen LogP contribution in [0.5, 0.6) is 0 Å². The summed E-state index contributed by atoms with van der Waals surface area (Å²) in [7, 11) is 2.24. The van der Waals surface area contributed by atoms with E-state index in [1.807, 2.05) is 0 Å². The summed E-state index contributed by atoms with van der Waals surface area (Å²) in [5, 5.41) is 18.7. The molecule has 1 aliphatic heterocycles. The maximum absolute atomic E-state index is 9.33. The number of aliphatic hydroxyl groups is 1. The second-order valence-electron chi connectivity index (χ2n) is 5.93. The molecule has 2 fully saturated rings. The largest absolute Gasteiger partial charge is 0.388 e. The molecule has 1 saturated heterocycles. The third-order valence-corrected chi connectivity index (χ3v) is 5.37. The molecule has 1 saturated carbocycles. The van der Waals surface area contributed by atoms with Crippen LogP contribution in [0.4, 0.5) is 0 Å². The Morgan fingerprint density at radius 3 is 2.80 bits per heavy atom. The molecule has 2 aliphatic rings. The monoisotopic (exact) mass is 296 g/mol. The van der Waals surface area contributed by atoms with Gasteiger partial charge in [0.25, 0.3) is 0 Å². The van der Waals surface area contributed by atoms with Gasteiger partial charge < -0.3 is 14.6 Å². The van der Waals surface area contributed by atoms with Gasteiger partial charge in [0.2, 0.25) is 0 Å². The quantitative estimate of drug-likeness (QED) is 0.815. The van der Waals surface area contributed by atoms with Crippen molar-refractivity contribution in [3.8, 4) is 0 Å². The average molecular weight is 296 g/mol. The highest BCUT2D eigenvalue weighted by molar-refractivity contribution is 7.99. The SMILES string of the molecule is CN1CCCC[C@H]1CCSc1nnc(CO)n1C1CC1. The lowest BCUT2D eigenvalue weighted by Gasteiger charge is -2.32. The van der Waals surface area contributed by atoms with Crippen molar-refractivity contribution < 1.29 is 5.11 Å². The number of piperidine rings is 1. The smallest absolute Gasteiger partial charge is 0.191 e. The van der Waals surface area contributed by atoms with Crippen molar-refractivity contribution in [1.29, 1.82) is 0 Å². The van der Waals surface area contributed by atoms with E-state index in [4.69, 9.17) is 0 Å². The van der Waals surface area contributed by atoms with Crippen LogP contribution in [0.25, 0.3) is 0 Å². The van der Waals surface area contributed by atoms with Crippen LogP contribution >= 0.6 is 11.8 Å². The van der Waals surface area contributed by atoms with E-state index in [0.29, 0.717) is 6.04 Å². The lowest BCUT2D eigenvalue weighted by atomic mass is 10.0. The summed E-state index contributed by atoms with van der Waals surface area (Å²) in [6.07, 6.45) is 7.65. The van der Waals surface area contributed by atoms with Crippen molar-refractivity contribution in [2.45, 2.75) is 62.4 Å². The van der Waals surface area contributed by atoms with Gasteiger partial charge in [-0.15, -0.1) is 10.2 Å². The van der Waals surface area contributed by atoms with Gasteiger partial charge >= 0.3 is 0 Å². The summed E-state index contributed by atoms with van der Waals surface area (Å²) in [5.74, 6) is 1.82. The fourth-order valence-corrected chi connectivity index (χ4v) is 4.07. The zero-order valence-electron chi connectivity index (χ0n) is 12.2. The molecule has 0 bridgehead atoms. The van der Waals surface area contributed by atoms with Crippen LogP contribution in [0.15, 0.2) is 5.16 Å². The molecule has 5 nitrogen and oxygen atoms in total. The zero-order valence-corrected chi connectivity index (χ0v) is 13.0. The van der Waals surface area contributed by atoms with Crippen molar-refractivity contribution in [2.24, 2.45) is 0 Å². The Bertz CT molecular complexity index is 446. The van der Waals surface area contributed by atoms with Crippen molar-refractivity contribution >= 4 is 11.8 Å². The van der Waals surface area contributed by atoms with Gasteiger partial charge in [-0.3, -0.25) is 0 Å². The molecule has 3 rings (SSSR count). The van der Waals surface area contributed by atoms with E-state index in [1.54, 1.807) is 11.8 Å². The molecule has 0 radical (unpaired) electrons. The number of likely N-dealkylation sites (tertiary alicyclic amines) is 1. The van der Waals surface area contributed by atoms with Gasteiger partial charge in [0.05, 0.1) is 0 Å². The predicted molar refractivity (Wildman–Crippen MR) is 79.8 cm³/mol. The summed E-state index contributed by atoms with van der Waals surface area (Å²) in [4.78, 5) is 2.49. The lowest BCUT2D eigenvalue weighted by Crippen LogP contribution is -2.36. The van der Waals surface area contributed by atoms with E-state index >= 15 is 0 Å². The fraction of sp³-hybridized carbons (Fsp3) is 0.857. The van der Waals surface area contributed by atoms with Crippen LogP contribution in [0, 0.1) is 0 Å². The molecule has 1 aliphatic carbocycles. The number of aromatic nitrogens is 3. The van der Waals surface area contributed by atoms with Gasteiger partial charge in [0, 0.05) is 17.8 Å². The highest BCUT2D eigenvalue weighted by Crippen LogP contribution is 2.39. The van der Waals surface area contributed by atoms with Crippen molar-refractivity contribution in [2.75, 3.05) is 19.3 Å². The zero-order chi connectivity index (χ0) is 13.9. The Morgan fingerprint density at radius 2 is 2.10 bits per heavy atom. The molecule has 0 spiro atoms. The van der Waals surface area contributed by atoms with Crippen molar-refractivity contribution in [3.05, 3.63) is 5.82 Å². The number of aliphatic hydroxyl groups excluding tert-OH is 1. The molecule has 1 N–H and O–H groups in total. The lowest BCUT2D eigenvalue weighted by molar-refractivity contribution is 0.182. The second kappa shape index (κ2) is 6.45. The Morgan fingerprint density at radius 1 is 1.25 bits per heavy atom. The van der Waals surface area contributed by atoms with Gasteiger partial charge in [-0.1, -0.05) is 18.2 Å². The number of nitrogens with zero attached hydrogens (tertiary/aromatic N) is 4. The predicted octanol–water partition coefficient (Wildman–Crippen LogP) is 2.07. The van der Waals surface area contributed by atoms with Crippen LogP contribution in [0.3, 0.4) is 0 Å². The molecular weight excluding hydrogens is 272 g/mol. The number of rotatable bonds is 6. The molecule has 2 heterocycles. The molecule has 112 valence electrons. The first-order valence-corrected chi connectivity index (χ1v) is 8.66. The van der Waals surface area contributed by atoms with Crippen molar-refractivity contribution in [1.82, 2.24) is 19.7 Å². The summed E-state index contributed by atoms with van der Waals surface area (Å²) in [6.45, 7) is 1.23. The van der Waals surface area contributed by atoms with Crippen LogP contribution in [0.1, 0.15) is 50.4 Å². The van der Waals surface area contributed by atoms with Gasteiger partial charge in [-0.2, -0.15) is 0 Å². The van der Waals surface area contributed by atoms with Gasteiger partial charge in [-0.25, -0.2) is 0 Å². The first kappa shape index (κ1) is 14.4. The third kappa shape index (κ3) is 3.18. The Hall–Kier alpha value is -0.590. The van der Waals surface area contributed by atoms with E-state index in [9.17, 15) is 5.11 Å². The Kier molecular flexibility index (Phi) is 4.63. The van der Waals surface area contributed by atoms with E-state index in [-0.39, 0.29) is 6.61 Å². The van der Waals surface area contributed by atoms with Crippen LogP contribution < -0.4 is 0 Å². The first-order valence-electron chi connectivity index (χ1n) is 7.67. The number of thioether (sulfide) groups is 1. The minimum Gasteiger partial charge on any atom is -0.388 e. The molecule has 1 aromatic heterocycles. The highest BCUT2D eigenvalue weighted by Gasteiger charge is 2.29. The standard InChI is InChI=1S/C14H24N4OS/c1-17-8-3-2-4-11(17)7-9-20-14-16-15-13(10-19)18(14)12-5-6-12/h11-12,19H,2-10H2,1H3/t11-/m0/s1. The Labute approximate surface area is 124 Å². The normalized spacial score (nSPS) is 24.2. The molecule has 1 atom stereocenters. The minimum atomic E-state index is -0.00454. The van der Waals surface area contributed by atoms with Crippen molar-refractivity contribution in [3.63, 3.8) is 0 Å². The third-order valence-electron chi connectivity index (χ3n) is 4.39. The first-order chi connectivity index (χ1) is 9.79. The van der Waals surface area contributed by atoms with E-state index in [1.165, 1.54) is 45.1 Å². The van der Waals surface area contributed by atoms with Crippen LogP contribution in [0.2, 0.25) is 0 Å². The molecule has 0 amide bonds. The molecular formula is C14H24N4OS. The average Bonchev–Trinajstić information content (AvgIpc) is 3.22. The number of hydrogen-bond acceptors (Lipinski definition) is 5. The van der Waals surface area contributed by atoms with Crippen LogP contribution in [-0.2, 0) is 6.61 Å². The molecule has 0 aromatic carbocycles. The van der Waals surface area contributed by atoms with Gasteiger partial charge in [0.15, 0.2) is 11.0 Å². The summed E-state index contributed by atoms with van der Waals surface area (Å²) >= 11 is 1.80. The highest BCUT2D eigenvalue weighted by atomic mass is 32.2. The Balaban J connectivity index is 1.54. The van der Waals surface area contributed by atoms with Gasteiger partial charge in [-0.05, 0) is 45.7 Å². The second-order valence-corrected chi connectivity index (χ2v) is 6.99. The number of hydrogen-bond donors (Lipinski definition) is 1. The van der Waals surface area contributed by atoms with Crippen LogP contribution in [-0.4, -0.2) is 50.2 Å². The molecule has 20 heavy (non-hydrogen) atoms. The van der Waals surface area contributed by atoms with E-state index < -0.39 is 0 Å². The van der Waals surface area contributed by atoms with Gasteiger partial charge in [0.1, 0.15) is 6.61 Å². The fourth-order valence-electron chi connectivity index (χ4n) is 3.01. The summed E-state index contributed by atoms with van der Waals surface area (Å²) in [5.41, 5.74) is 0. The minimum absolute atomic E-state index is 0.00454. The topological polar surface area (TPSA) is 54.2 Å². The maximum atomic E-state index is 9.33. The van der Waals surface area contributed by atoms with E-state index in [2.05, 4.69) is 26.7 Å². The molecule has 0 unspecified atom stereocenters.